The molecule has 0 saturated carbocycles. The molecule has 28 heavy (non-hydrogen) atoms. The number of thiophene rings is 1. The maximum atomic E-state index is 12.4. The van der Waals surface area contributed by atoms with E-state index in [0.29, 0.717) is 12.5 Å². The highest BCUT2D eigenvalue weighted by atomic mass is 32.2. The van der Waals surface area contributed by atoms with E-state index in [1.165, 1.54) is 28.1 Å². The van der Waals surface area contributed by atoms with Crippen molar-refractivity contribution in [3.8, 4) is 0 Å². The van der Waals surface area contributed by atoms with E-state index in [2.05, 4.69) is 41.7 Å². The van der Waals surface area contributed by atoms with Crippen LogP contribution < -0.4 is 10.5 Å². The molecule has 1 saturated heterocycles. The van der Waals surface area contributed by atoms with E-state index >= 15 is 0 Å². The molecule has 152 valence electrons. The molecule has 0 atom stereocenters. The topological polar surface area (TPSA) is 92.5 Å². The van der Waals surface area contributed by atoms with Crippen LogP contribution in [0.3, 0.4) is 0 Å². The number of piperidine rings is 1. The van der Waals surface area contributed by atoms with Crippen LogP contribution in [0, 0.1) is 19.8 Å². The molecule has 0 aliphatic carbocycles. The number of rotatable bonds is 7. The van der Waals surface area contributed by atoms with Crippen LogP contribution >= 0.6 is 11.3 Å². The number of aryl methyl sites for hydroxylation is 2. The summed E-state index contributed by atoms with van der Waals surface area (Å²) in [7, 11) is -3.61. The molecule has 0 bridgehead atoms. The minimum absolute atomic E-state index is 0.110. The Morgan fingerprint density at radius 1 is 1.25 bits per heavy atom. The largest absolute Gasteiger partial charge is 0.365 e. The minimum Gasteiger partial charge on any atom is -0.365 e. The lowest BCUT2D eigenvalue weighted by atomic mass is 9.96. The molecule has 1 aromatic heterocycles. The fourth-order valence-electron chi connectivity index (χ4n) is 3.46. The van der Waals surface area contributed by atoms with Gasteiger partial charge in [0.25, 0.3) is 5.91 Å². The smallest absolute Gasteiger partial charge is 0.258 e. The highest BCUT2D eigenvalue weighted by Crippen LogP contribution is 2.22. The van der Waals surface area contributed by atoms with E-state index < -0.39 is 15.9 Å². The number of hydrogen-bond donors (Lipinski definition) is 2. The van der Waals surface area contributed by atoms with Crippen molar-refractivity contribution in [2.24, 2.45) is 11.7 Å². The number of carbonyl (C=O) groups is 1. The van der Waals surface area contributed by atoms with Crippen molar-refractivity contribution in [3.63, 3.8) is 0 Å². The summed E-state index contributed by atoms with van der Waals surface area (Å²) in [5.41, 5.74) is 9.15. The van der Waals surface area contributed by atoms with Crippen LogP contribution in [0.5, 0.6) is 0 Å². The van der Waals surface area contributed by atoms with E-state index in [1.807, 2.05) is 0 Å². The van der Waals surface area contributed by atoms with E-state index in [4.69, 9.17) is 5.73 Å². The van der Waals surface area contributed by atoms with Gasteiger partial charge in [-0.15, -0.1) is 11.3 Å². The van der Waals surface area contributed by atoms with Gasteiger partial charge in [-0.25, -0.2) is 13.1 Å². The third kappa shape index (κ3) is 5.20. The molecule has 0 radical (unpaired) electrons. The van der Waals surface area contributed by atoms with Crippen molar-refractivity contribution < 1.29 is 13.2 Å². The van der Waals surface area contributed by atoms with Crippen LogP contribution in [-0.4, -0.2) is 38.9 Å². The van der Waals surface area contributed by atoms with Crippen LogP contribution in [0.2, 0.25) is 0 Å². The molecule has 6 nitrogen and oxygen atoms in total. The van der Waals surface area contributed by atoms with Gasteiger partial charge in [-0.05, 0) is 62.9 Å². The zero-order valence-electron chi connectivity index (χ0n) is 16.3. The van der Waals surface area contributed by atoms with Crippen molar-refractivity contribution in [2.75, 3.05) is 19.6 Å². The molecule has 1 amide bonds. The van der Waals surface area contributed by atoms with Crippen molar-refractivity contribution in [3.05, 3.63) is 51.2 Å². The molecule has 2 aromatic rings. The molecule has 3 N–H and O–H groups in total. The lowest BCUT2D eigenvalue weighted by molar-refractivity contribution is 0.100. The molecule has 1 aromatic carbocycles. The van der Waals surface area contributed by atoms with E-state index in [0.717, 1.165) is 43.8 Å². The fraction of sp³-hybridized carbons (Fsp3) is 0.450. The summed E-state index contributed by atoms with van der Waals surface area (Å²) in [6, 6.07) is 7.89. The summed E-state index contributed by atoms with van der Waals surface area (Å²) in [6.07, 6.45) is 1.92. The molecule has 1 aliphatic rings. The Morgan fingerprint density at radius 3 is 2.61 bits per heavy atom. The second-order valence-corrected chi connectivity index (χ2v) is 10.2. The Bertz CT molecular complexity index is 945. The van der Waals surface area contributed by atoms with Crippen LogP contribution in [0.15, 0.2) is 34.5 Å². The lowest BCUT2D eigenvalue weighted by Crippen LogP contribution is -2.38. The summed E-state index contributed by atoms with van der Waals surface area (Å²) in [6.45, 7) is 7.54. The van der Waals surface area contributed by atoms with Gasteiger partial charge in [0.1, 0.15) is 0 Å². The van der Waals surface area contributed by atoms with Crippen molar-refractivity contribution in [1.29, 1.82) is 0 Å². The highest BCUT2D eigenvalue weighted by molar-refractivity contribution is 7.89. The molecule has 8 heteroatoms. The number of nitrogens with one attached hydrogen (secondary N) is 1. The van der Waals surface area contributed by atoms with Crippen molar-refractivity contribution in [2.45, 2.75) is 38.1 Å². The number of nitrogens with two attached hydrogens (primary N) is 1. The molecule has 3 rings (SSSR count). The lowest BCUT2D eigenvalue weighted by Gasteiger charge is -2.32. The van der Waals surface area contributed by atoms with Crippen molar-refractivity contribution in [1.82, 2.24) is 9.62 Å². The molecule has 0 unspecified atom stereocenters. The molecule has 2 heterocycles. The third-order valence-corrected chi connectivity index (χ3v) is 7.79. The van der Waals surface area contributed by atoms with E-state index in [-0.39, 0.29) is 9.77 Å². The second kappa shape index (κ2) is 8.73. The Morgan fingerprint density at radius 2 is 1.96 bits per heavy atom. The molecular weight excluding hydrogens is 394 g/mol. The standard InChI is InChI=1S/C20H27N3O3S2/c1-14-3-4-15(2)17(9-14)12-23-7-5-16(6-8-23)11-22-28(25,26)18-10-19(20(21)24)27-13-18/h3-4,9-10,13,16,22H,5-8,11-12H2,1-2H3,(H2,21,24). The number of primary amides is 1. The summed E-state index contributed by atoms with van der Waals surface area (Å²) >= 11 is 1.05. The van der Waals surface area contributed by atoms with Crippen LogP contribution in [0.4, 0.5) is 0 Å². The first kappa shape index (κ1) is 21.0. The van der Waals surface area contributed by atoms with Gasteiger partial charge < -0.3 is 5.73 Å². The van der Waals surface area contributed by atoms with Crippen LogP contribution in [0.25, 0.3) is 0 Å². The number of hydrogen-bond acceptors (Lipinski definition) is 5. The second-order valence-electron chi connectivity index (χ2n) is 7.51. The van der Waals surface area contributed by atoms with Crippen molar-refractivity contribution >= 4 is 27.3 Å². The first-order chi connectivity index (χ1) is 13.2. The number of benzene rings is 1. The first-order valence-corrected chi connectivity index (χ1v) is 11.8. The average Bonchev–Trinajstić information content (AvgIpc) is 3.16. The van der Waals surface area contributed by atoms with Gasteiger partial charge in [0, 0.05) is 18.5 Å². The Labute approximate surface area is 170 Å². The zero-order chi connectivity index (χ0) is 20.3. The normalized spacial score (nSPS) is 16.4. The maximum absolute atomic E-state index is 12.4. The highest BCUT2D eigenvalue weighted by Gasteiger charge is 2.23. The minimum atomic E-state index is -3.61. The Kier molecular flexibility index (Phi) is 6.54. The molecule has 1 fully saturated rings. The van der Waals surface area contributed by atoms with Gasteiger partial charge in [0.05, 0.1) is 9.77 Å². The number of sulfonamides is 1. The van der Waals surface area contributed by atoms with Crippen LogP contribution in [0.1, 0.15) is 39.2 Å². The van der Waals surface area contributed by atoms with E-state index in [9.17, 15) is 13.2 Å². The summed E-state index contributed by atoms with van der Waals surface area (Å²) in [5, 5.41) is 1.45. The van der Waals surface area contributed by atoms with Crippen LogP contribution in [-0.2, 0) is 16.6 Å². The number of nitrogens with zero attached hydrogens (tertiary/aromatic N) is 1. The first-order valence-electron chi connectivity index (χ1n) is 9.41. The number of amides is 1. The van der Waals surface area contributed by atoms with Gasteiger partial charge in [-0.2, -0.15) is 0 Å². The molecule has 1 aliphatic heterocycles. The quantitative estimate of drug-likeness (QED) is 0.719. The average molecular weight is 422 g/mol. The summed E-state index contributed by atoms with van der Waals surface area (Å²) < 4.78 is 27.5. The van der Waals surface area contributed by atoms with Gasteiger partial charge >= 0.3 is 0 Å². The number of likely N-dealkylation sites (tertiary alicyclic amines) is 1. The van der Waals surface area contributed by atoms with Gasteiger partial charge in [0.15, 0.2) is 0 Å². The predicted molar refractivity (Wildman–Crippen MR) is 112 cm³/mol. The molecule has 0 spiro atoms. The summed E-state index contributed by atoms with van der Waals surface area (Å²) in [4.78, 5) is 14.0. The fourth-order valence-corrected chi connectivity index (χ4v) is 5.70. The van der Waals surface area contributed by atoms with Gasteiger partial charge in [-0.1, -0.05) is 23.8 Å². The number of carbonyl (C=O) groups excluding carboxylic acids is 1. The Hall–Kier alpha value is -1.74. The van der Waals surface area contributed by atoms with E-state index in [1.54, 1.807) is 0 Å². The predicted octanol–water partition coefficient (Wildman–Crippen LogP) is 2.65. The zero-order valence-corrected chi connectivity index (χ0v) is 17.9. The monoisotopic (exact) mass is 421 g/mol. The third-order valence-electron chi connectivity index (χ3n) is 5.30. The van der Waals surface area contributed by atoms with Gasteiger partial charge in [0.2, 0.25) is 10.0 Å². The molecular formula is C20H27N3O3S2. The maximum Gasteiger partial charge on any atom is 0.258 e. The SMILES string of the molecule is Cc1ccc(C)c(CN2CCC(CNS(=O)(=O)c3csc(C(N)=O)c3)CC2)c1. The Balaban J connectivity index is 1.50. The van der Waals surface area contributed by atoms with Gasteiger partial charge in [-0.3, -0.25) is 9.69 Å². The summed E-state index contributed by atoms with van der Waals surface area (Å²) in [5.74, 6) is -0.290.